The van der Waals surface area contributed by atoms with Gasteiger partial charge in [0.2, 0.25) is 0 Å². The highest BCUT2D eigenvalue weighted by atomic mass is 15.1. The molecule has 1 unspecified atom stereocenters. The maximum atomic E-state index is 5.55. The van der Waals surface area contributed by atoms with Crippen molar-refractivity contribution in [2.24, 2.45) is 17.6 Å². The lowest BCUT2D eigenvalue weighted by molar-refractivity contribution is 0.196. The second kappa shape index (κ2) is 5.61. The van der Waals surface area contributed by atoms with Crippen LogP contribution in [0, 0.1) is 11.8 Å². The van der Waals surface area contributed by atoms with Crippen molar-refractivity contribution in [1.29, 1.82) is 0 Å². The zero-order valence-electron chi connectivity index (χ0n) is 9.13. The molecule has 2 N–H and O–H groups in total. The van der Waals surface area contributed by atoms with Gasteiger partial charge < -0.3 is 10.6 Å². The van der Waals surface area contributed by atoms with Crippen molar-refractivity contribution >= 4 is 0 Å². The molecule has 0 saturated carbocycles. The quantitative estimate of drug-likeness (QED) is 0.720. The van der Waals surface area contributed by atoms with E-state index < -0.39 is 0 Å². The van der Waals surface area contributed by atoms with Gasteiger partial charge in [0.15, 0.2) is 0 Å². The van der Waals surface area contributed by atoms with Crippen molar-refractivity contribution in [3.63, 3.8) is 0 Å². The molecule has 1 aliphatic rings. The Labute approximate surface area is 82.5 Å². The molecular weight excluding hydrogens is 160 g/mol. The second-order valence-electron chi connectivity index (χ2n) is 4.66. The fraction of sp³-hybridized carbons (Fsp3) is 1.00. The molecule has 0 aliphatic carbocycles. The number of nitrogens with zero attached hydrogens (tertiary/aromatic N) is 1. The zero-order valence-corrected chi connectivity index (χ0v) is 9.13. The van der Waals surface area contributed by atoms with Crippen molar-refractivity contribution in [3.05, 3.63) is 0 Å². The van der Waals surface area contributed by atoms with E-state index in [-0.39, 0.29) is 0 Å². The molecule has 0 radical (unpaired) electrons. The van der Waals surface area contributed by atoms with Gasteiger partial charge in [0.25, 0.3) is 0 Å². The first-order valence-corrected chi connectivity index (χ1v) is 5.61. The van der Waals surface area contributed by atoms with E-state index in [4.69, 9.17) is 5.73 Å². The smallest absolute Gasteiger partial charge is 0.00191 e. The minimum absolute atomic E-state index is 0.832. The maximum absolute atomic E-state index is 5.55. The van der Waals surface area contributed by atoms with E-state index >= 15 is 0 Å². The van der Waals surface area contributed by atoms with E-state index in [0.29, 0.717) is 0 Å². The van der Waals surface area contributed by atoms with E-state index in [1.54, 1.807) is 0 Å². The largest absolute Gasteiger partial charge is 0.330 e. The van der Waals surface area contributed by atoms with Gasteiger partial charge >= 0.3 is 0 Å². The monoisotopic (exact) mass is 184 g/mol. The summed E-state index contributed by atoms with van der Waals surface area (Å²) in [6.45, 7) is 5.78. The first kappa shape index (κ1) is 11.0. The SMILES string of the molecule is CC(CCN)CC1CCN(C)CC1. The number of likely N-dealkylation sites (tertiary alicyclic amines) is 1. The van der Waals surface area contributed by atoms with Crippen LogP contribution in [-0.2, 0) is 0 Å². The third-order valence-electron chi connectivity index (χ3n) is 3.23. The average molecular weight is 184 g/mol. The van der Waals surface area contributed by atoms with Crippen molar-refractivity contribution in [2.45, 2.75) is 32.6 Å². The predicted molar refractivity (Wildman–Crippen MR) is 57.7 cm³/mol. The molecular formula is C11H24N2. The first-order chi connectivity index (χ1) is 6.22. The highest BCUT2D eigenvalue weighted by molar-refractivity contribution is 4.72. The Balaban J connectivity index is 2.14. The molecule has 0 spiro atoms. The van der Waals surface area contributed by atoms with Gasteiger partial charge in [-0.2, -0.15) is 0 Å². The Hall–Kier alpha value is -0.0800. The second-order valence-corrected chi connectivity index (χ2v) is 4.66. The molecule has 1 aliphatic heterocycles. The summed E-state index contributed by atoms with van der Waals surface area (Å²) in [5, 5.41) is 0. The van der Waals surface area contributed by atoms with E-state index in [9.17, 15) is 0 Å². The summed E-state index contributed by atoms with van der Waals surface area (Å²) in [5.74, 6) is 1.80. The van der Waals surface area contributed by atoms with Gasteiger partial charge in [-0.05, 0) is 64.2 Å². The Morgan fingerprint density at radius 2 is 2.00 bits per heavy atom. The molecule has 0 bridgehead atoms. The van der Waals surface area contributed by atoms with E-state index in [1.165, 1.54) is 38.8 Å². The van der Waals surface area contributed by atoms with Crippen molar-refractivity contribution in [2.75, 3.05) is 26.7 Å². The topological polar surface area (TPSA) is 29.3 Å². The van der Waals surface area contributed by atoms with Gasteiger partial charge in [0, 0.05) is 0 Å². The molecule has 1 fully saturated rings. The van der Waals surface area contributed by atoms with Crippen LogP contribution in [0.1, 0.15) is 32.6 Å². The van der Waals surface area contributed by atoms with Gasteiger partial charge in [0.05, 0.1) is 0 Å². The molecule has 1 atom stereocenters. The van der Waals surface area contributed by atoms with Crippen LogP contribution in [0.5, 0.6) is 0 Å². The Kier molecular flexibility index (Phi) is 4.74. The molecule has 1 heterocycles. The van der Waals surface area contributed by atoms with Crippen LogP contribution in [0.3, 0.4) is 0 Å². The third kappa shape index (κ3) is 4.10. The molecule has 0 aromatic rings. The van der Waals surface area contributed by atoms with Crippen molar-refractivity contribution < 1.29 is 0 Å². The van der Waals surface area contributed by atoms with Gasteiger partial charge in [-0.15, -0.1) is 0 Å². The lowest BCUT2D eigenvalue weighted by atomic mass is 9.87. The summed E-state index contributed by atoms with van der Waals surface area (Å²) in [5.41, 5.74) is 5.55. The Morgan fingerprint density at radius 3 is 2.54 bits per heavy atom. The van der Waals surface area contributed by atoms with Gasteiger partial charge in [-0.3, -0.25) is 0 Å². The summed E-state index contributed by atoms with van der Waals surface area (Å²) >= 11 is 0. The molecule has 2 nitrogen and oxygen atoms in total. The third-order valence-corrected chi connectivity index (χ3v) is 3.23. The minimum Gasteiger partial charge on any atom is -0.330 e. The van der Waals surface area contributed by atoms with E-state index in [0.717, 1.165) is 18.4 Å². The van der Waals surface area contributed by atoms with Crippen LogP contribution in [0.15, 0.2) is 0 Å². The minimum atomic E-state index is 0.832. The van der Waals surface area contributed by atoms with Crippen LogP contribution in [0.25, 0.3) is 0 Å². The Bertz CT molecular complexity index is 128. The van der Waals surface area contributed by atoms with E-state index in [1.807, 2.05) is 0 Å². The number of hydrogen-bond donors (Lipinski definition) is 1. The highest BCUT2D eigenvalue weighted by Crippen LogP contribution is 2.24. The zero-order chi connectivity index (χ0) is 9.68. The molecule has 0 aromatic carbocycles. The first-order valence-electron chi connectivity index (χ1n) is 5.61. The van der Waals surface area contributed by atoms with Crippen LogP contribution in [0.2, 0.25) is 0 Å². The van der Waals surface area contributed by atoms with Gasteiger partial charge in [0.1, 0.15) is 0 Å². The fourth-order valence-corrected chi connectivity index (χ4v) is 2.27. The molecule has 0 aromatic heterocycles. The lowest BCUT2D eigenvalue weighted by Crippen LogP contribution is -2.30. The summed E-state index contributed by atoms with van der Waals surface area (Å²) in [4.78, 5) is 2.43. The molecule has 1 saturated heterocycles. The molecule has 2 heteroatoms. The van der Waals surface area contributed by atoms with Crippen LogP contribution < -0.4 is 5.73 Å². The summed E-state index contributed by atoms with van der Waals surface area (Å²) in [6, 6.07) is 0. The van der Waals surface area contributed by atoms with Gasteiger partial charge in [-0.25, -0.2) is 0 Å². The maximum Gasteiger partial charge on any atom is -0.00191 e. The summed E-state index contributed by atoms with van der Waals surface area (Å²) < 4.78 is 0. The molecule has 1 rings (SSSR count). The molecule has 78 valence electrons. The highest BCUT2D eigenvalue weighted by Gasteiger charge is 2.18. The van der Waals surface area contributed by atoms with E-state index in [2.05, 4.69) is 18.9 Å². The summed E-state index contributed by atoms with van der Waals surface area (Å²) in [6.07, 6.45) is 5.38. The van der Waals surface area contributed by atoms with Gasteiger partial charge in [-0.1, -0.05) is 6.92 Å². The van der Waals surface area contributed by atoms with Crippen LogP contribution in [0.4, 0.5) is 0 Å². The molecule has 13 heavy (non-hydrogen) atoms. The average Bonchev–Trinajstić information content (AvgIpc) is 2.09. The van der Waals surface area contributed by atoms with Crippen LogP contribution >= 0.6 is 0 Å². The number of rotatable bonds is 4. The standard InChI is InChI=1S/C11H24N2/c1-10(3-6-12)9-11-4-7-13(2)8-5-11/h10-11H,3-9,12H2,1-2H3. The summed E-state index contributed by atoms with van der Waals surface area (Å²) in [7, 11) is 2.22. The molecule has 0 amide bonds. The van der Waals surface area contributed by atoms with Crippen LogP contribution in [-0.4, -0.2) is 31.6 Å². The number of nitrogens with two attached hydrogens (primary N) is 1. The fourth-order valence-electron chi connectivity index (χ4n) is 2.27. The van der Waals surface area contributed by atoms with Crippen molar-refractivity contribution in [3.8, 4) is 0 Å². The number of piperidine rings is 1. The van der Waals surface area contributed by atoms with Crippen molar-refractivity contribution in [1.82, 2.24) is 4.90 Å². The normalized spacial score (nSPS) is 23.3. The Morgan fingerprint density at radius 1 is 1.38 bits per heavy atom. The lowest BCUT2D eigenvalue weighted by Gasteiger charge is -2.30. The predicted octanol–water partition coefficient (Wildman–Crippen LogP) is 1.70. The number of hydrogen-bond acceptors (Lipinski definition) is 2.